The molecule has 1 aliphatic rings. The van der Waals surface area contributed by atoms with E-state index in [9.17, 15) is 10.2 Å². The van der Waals surface area contributed by atoms with Crippen molar-refractivity contribution in [2.24, 2.45) is 0 Å². The van der Waals surface area contributed by atoms with Crippen molar-refractivity contribution >= 4 is 0 Å². The van der Waals surface area contributed by atoms with E-state index < -0.39 is 0 Å². The van der Waals surface area contributed by atoms with Crippen molar-refractivity contribution in [1.29, 1.82) is 0 Å². The van der Waals surface area contributed by atoms with Gasteiger partial charge in [-0.1, -0.05) is 12.1 Å². The Morgan fingerprint density at radius 2 is 1.93 bits per heavy atom. The monoisotopic (exact) mass is 207 g/mol. The summed E-state index contributed by atoms with van der Waals surface area (Å²) in [6.45, 7) is 1.74. The highest BCUT2D eigenvalue weighted by Crippen LogP contribution is 2.28. The van der Waals surface area contributed by atoms with Crippen LogP contribution in [0.4, 0.5) is 0 Å². The van der Waals surface area contributed by atoms with Crippen LogP contribution in [0.15, 0.2) is 24.3 Å². The van der Waals surface area contributed by atoms with Crippen LogP contribution < -0.4 is 0 Å². The van der Waals surface area contributed by atoms with Gasteiger partial charge in [0.25, 0.3) is 0 Å². The molecule has 1 fully saturated rings. The highest BCUT2D eigenvalue weighted by atomic mass is 16.3. The predicted molar refractivity (Wildman–Crippen MR) is 59.0 cm³/mol. The van der Waals surface area contributed by atoms with Gasteiger partial charge in [0.15, 0.2) is 0 Å². The van der Waals surface area contributed by atoms with E-state index in [1.807, 2.05) is 19.2 Å². The molecule has 82 valence electrons. The fourth-order valence-electron chi connectivity index (χ4n) is 2.20. The number of aliphatic hydroxyl groups excluding tert-OH is 1. The molecule has 1 aromatic carbocycles. The van der Waals surface area contributed by atoms with Gasteiger partial charge < -0.3 is 15.1 Å². The van der Waals surface area contributed by atoms with Crippen molar-refractivity contribution in [2.45, 2.75) is 18.4 Å². The molecule has 3 nitrogen and oxygen atoms in total. The largest absolute Gasteiger partial charge is 0.508 e. The third kappa shape index (κ3) is 2.30. The molecule has 0 aromatic heterocycles. The van der Waals surface area contributed by atoms with Crippen molar-refractivity contribution in [3.05, 3.63) is 29.8 Å². The Labute approximate surface area is 90.0 Å². The minimum Gasteiger partial charge on any atom is -0.508 e. The molecule has 2 rings (SSSR count). The number of aliphatic hydroxyl groups is 1. The van der Waals surface area contributed by atoms with Gasteiger partial charge in [-0.3, -0.25) is 0 Å². The second-order valence-electron chi connectivity index (χ2n) is 4.32. The molecule has 0 saturated carbocycles. The maximum Gasteiger partial charge on any atom is 0.115 e. The fourth-order valence-corrected chi connectivity index (χ4v) is 2.20. The number of piperidine rings is 1. The zero-order chi connectivity index (χ0) is 10.8. The molecule has 1 saturated heterocycles. The van der Waals surface area contributed by atoms with Gasteiger partial charge in [-0.15, -0.1) is 0 Å². The van der Waals surface area contributed by atoms with Crippen LogP contribution in [-0.4, -0.2) is 41.4 Å². The summed E-state index contributed by atoms with van der Waals surface area (Å²) in [6.07, 6.45) is 0.677. The van der Waals surface area contributed by atoms with E-state index in [-0.39, 0.29) is 17.8 Å². The number of rotatable bonds is 1. The van der Waals surface area contributed by atoms with Gasteiger partial charge in [0.2, 0.25) is 0 Å². The molecule has 2 unspecified atom stereocenters. The van der Waals surface area contributed by atoms with E-state index >= 15 is 0 Å². The molecule has 2 atom stereocenters. The highest BCUT2D eigenvalue weighted by Gasteiger charge is 2.26. The summed E-state index contributed by atoms with van der Waals surface area (Å²) in [4.78, 5) is 2.14. The summed E-state index contributed by atoms with van der Waals surface area (Å²) in [5, 5.41) is 19.2. The van der Waals surface area contributed by atoms with E-state index in [1.165, 1.54) is 0 Å². The minimum absolute atomic E-state index is 0.210. The first-order valence-corrected chi connectivity index (χ1v) is 5.32. The van der Waals surface area contributed by atoms with Crippen molar-refractivity contribution in [2.75, 3.05) is 20.1 Å². The van der Waals surface area contributed by atoms with E-state index in [4.69, 9.17) is 0 Å². The molecule has 0 bridgehead atoms. The predicted octanol–water partition coefficient (Wildman–Crippen LogP) is 1.17. The number of hydrogen-bond acceptors (Lipinski definition) is 3. The van der Waals surface area contributed by atoms with Crippen LogP contribution >= 0.6 is 0 Å². The van der Waals surface area contributed by atoms with Crippen LogP contribution in [0.3, 0.4) is 0 Å². The number of phenolic OH excluding ortho intramolecular Hbond substituents is 1. The first kappa shape index (κ1) is 10.5. The Morgan fingerprint density at radius 3 is 2.53 bits per heavy atom. The second-order valence-corrected chi connectivity index (χ2v) is 4.32. The molecule has 1 heterocycles. The lowest BCUT2D eigenvalue weighted by Gasteiger charge is -2.33. The molecule has 3 heteroatoms. The van der Waals surface area contributed by atoms with Crippen LogP contribution in [0.25, 0.3) is 0 Å². The van der Waals surface area contributed by atoms with E-state index in [2.05, 4.69) is 4.90 Å². The number of benzene rings is 1. The molecule has 0 amide bonds. The van der Waals surface area contributed by atoms with Gasteiger partial charge in [-0.25, -0.2) is 0 Å². The lowest BCUT2D eigenvalue weighted by Crippen LogP contribution is -2.40. The number of β-amino-alcohol motifs (C(OH)–C–C–N with tert-alkyl or cyclic N) is 1. The van der Waals surface area contributed by atoms with E-state index in [0.717, 1.165) is 25.1 Å². The molecule has 0 spiro atoms. The third-order valence-electron chi connectivity index (χ3n) is 3.11. The van der Waals surface area contributed by atoms with Gasteiger partial charge in [-0.05, 0) is 37.7 Å². The highest BCUT2D eigenvalue weighted by molar-refractivity contribution is 5.29. The molecular weight excluding hydrogens is 190 g/mol. The average molecular weight is 207 g/mol. The number of phenols is 1. The lowest BCUT2D eigenvalue weighted by atomic mass is 9.87. The van der Waals surface area contributed by atoms with Crippen LogP contribution in [0.2, 0.25) is 0 Å². The number of hydrogen-bond donors (Lipinski definition) is 2. The minimum atomic E-state index is -0.298. The number of nitrogens with zero attached hydrogens (tertiary/aromatic N) is 1. The fraction of sp³-hybridized carbons (Fsp3) is 0.500. The van der Waals surface area contributed by atoms with Gasteiger partial charge in [0, 0.05) is 12.5 Å². The molecule has 1 aliphatic heterocycles. The topological polar surface area (TPSA) is 43.7 Å². The zero-order valence-corrected chi connectivity index (χ0v) is 8.93. The van der Waals surface area contributed by atoms with Gasteiger partial charge in [-0.2, -0.15) is 0 Å². The third-order valence-corrected chi connectivity index (χ3v) is 3.11. The molecule has 15 heavy (non-hydrogen) atoms. The van der Waals surface area contributed by atoms with Crippen molar-refractivity contribution in [3.8, 4) is 5.75 Å². The number of likely N-dealkylation sites (tertiary alicyclic amines) is 1. The summed E-state index contributed by atoms with van der Waals surface area (Å²) in [6, 6.07) is 7.16. The van der Waals surface area contributed by atoms with Crippen molar-refractivity contribution in [3.63, 3.8) is 0 Å². The Balaban J connectivity index is 2.13. The normalized spacial score (nSPS) is 27.9. The van der Waals surface area contributed by atoms with Crippen LogP contribution in [0.1, 0.15) is 17.9 Å². The van der Waals surface area contributed by atoms with Crippen LogP contribution in [0, 0.1) is 0 Å². The van der Waals surface area contributed by atoms with Crippen LogP contribution in [-0.2, 0) is 0 Å². The molecule has 0 aliphatic carbocycles. The quantitative estimate of drug-likeness (QED) is 0.726. The van der Waals surface area contributed by atoms with E-state index in [1.54, 1.807) is 12.1 Å². The van der Waals surface area contributed by atoms with Crippen molar-refractivity contribution in [1.82, 2.24) is 4.90 Å². The van der Waals surface area contributed by atoms with Crippen molar-refractivity contribution < 1.29 is 10.2 Å². The Bertz CT molecular complexity index is 323. The first-order valence-electron chi connectivity index (χ1n) is 5.32. The summed E-state index contributed by atoms with van der Waals surface area (Å²) in [5.74, 6) is 0.489. The summed E-state index contributed by atoms with van der Waals surface area (Å²) in [7, 11) is 2.02. The molecule has 1 aromatic rings. The standard InChI is InChI=1S/C12H17NO2/c1-13-7-6-11(12(15)8-13)9-2-4-10(14)5-3-9/h2-5,11-12,14-15H,6-8H2,1H3. The smallest absolute Gasteiger partial charge is 0.115 e. The number of likely N-dealkylation sites (N-methyl/N-ethyl adjacent to an activating group) is 1. The Morgan fingerprint density at radius 1 is 1.27 bits per heavy atom. The lowest BCUT2D eigenvalue weighted by molar-refractivity contribution is 0.0638. The number of aromatic hydroxyl groups is 1. The summed E-state index contributed by atoms with van der Waals surface area (Å²) < 4.78 is 0. The van der Waals surface area contributed by atoms with Gasteiger partial charge in [0.1, 0.15) is 5.75 Å². The molecule has 0 radical (unpaired) electrons. The molecular formula is C12H17NO2. The Hall–Kier alpha value is -1.06. The zero-order valence-electron chi connectivity index (χ0n) is 8.93. The average Bonchev–Trinajstić information content (AvgIpc) is 2.20. The summed E-state index contributed by atoms with van der Waals surface area (Å²) in [5.41, 5.74) is 1.12. The first-order chi connectivity index (χ1) is 7.16. The van der Waals surface area contributed by atoms with Gasteiger partial charge >= 0.3 is 0 Å². The molecule has 2 N–H and O–H groups in total. The second kappa shape index (κ2) is 4.21. The maximum absolute atomic E-state index is 9.96. The summed E-state index contributed by atoms with van der Waals surface area (Å²) >= 11 is 0. The van der Waals surface area contributed by atoms with E-state index in [0.29, 0.717) is 0 Å². The SMILES string of the molecule is CN1CCC(c2ccc(O)cc2)C(O)C1. The maximum atomic E-state index is 9.96. The van der Waals surface area contributed by atoms with Crippen LogP contribution in [0.5, 0.6) is 5.75 Å². The Kier molecular flexibility index (Phi) is 2.93. The van der Waals surface area contributed by atoms with Gasteiger partial charge in [0.05, 0.1) is 6.10 Å².